The molecule has 0 bridgehead atoms. The van der Waals surface area contributed by atoms with Crippen molar-refractivity contribution in [3.05, 3.63) is 0 Å². The highest BCUT2D eigenvalue weighted by atomic mass is 32.2. The summed E-state index contributed by atoms with van der Waals surface area (Å²) >= 11 is 0. The van der Waals surface area contributed by atoms with Crippen molar-refractivity contribution in [3.8, 4) is 12.3 Å². The number of hydrogen-bond acceptors (Lipinski definition) is 3. The number of terminal acetylenes is 1. The predicted octanol–water partition coefficient (Wildman–Crippen LogP) is 0.907. The monoisotopic (exact) mass is 229 g/mol. The van der Waals surface area contributed by atoms with E-state index in [1.54, 1.807) is 0 Å². The maximum absolute atomic E-state index is 11.8. The normalized spacial score (nSPS) is 28.2. The molecule has 0 aromatic heterocycles. The molecule has 1 aliphatic rings. The molecule has 0 amide bonds. The average Bonchev–Trinajstić information content (AvgIpc) is 1.92. The standard InChI is InChI=1S/C11H19NO2S/c1-6-7-12-10(2,3)8-15(13,14)9-11(12,4)5/h1H,7-9H2,2-5H3. The van der Waals surface area contributed by atoms with Gasteiger partial charge in [0.15, 0.2) is 9.84 Å². The molecule has 3 nitrogen and oxygen atoms in total. The first-order valence-corrected chi connectivity index (χ1v) is 6.84. The van der Waals surface area contributed by atoms with Gasteiger partial charge in [-0.2, -0.15) is 0 Å². The van der Waals surface area contributed by atoms with E-state index >= 15 is 0 Å². The van der Waals surface area contributed by atoms with Crippen LogP contribution in [0.2, 0.25) is 0 Å². The van der Waals surface area contributed by atoms with Gasteiger partial charge >= 0.3 is 0 Å². The van der Waals surface area contributed by atoms with Crippen molar-refractivity contribution in [1.29, 1.82) is 0 Å². The van der Waals surface area contributed by atoms with Crippen molar-refractivity contribution in [2.24, 2.45) is 0 Å². The molecule has 1 saturated heterocycles. The summed E-state index contributed by atoms with van der Waals surface area (Å²) in [7, 11) is -2.96. The highest BCUT2D eigenvalue weighted by Crippen LogP contribution is 2.32. The van der Waals surface area contributed by atoms with E-state index in [9.17, 15) is 8.42 Å². The Morgan fingerprint density at radius 3 is 1.93 bits per heavy atom. The molecule has 0 spiro atoms. The summed E-state index contributed by atoms with van der Waals surface area (Å²) in [6, 6.07) is 0. The molecule has 86 valence electrons. The fourth-order valence-corrected chi connectivity index (χ4v) is 5.19. The molecule has 0 saturated carbocycles. The van der Waals surface area contributed by atoms with Gasteiger partial charge in [-0.1, -0.05) is 5.92 Å². The molecule has 1 rings (SSSR count). The first-order valence-electron chi connectivity index (χ1n) is 5.02. The summed E-state index contributed by atoms with van der Waals surface area (Å²) in [5, 5.41) is 0. The number of sulfone groups is 1. The minimum atomic E-state index is -2.96. The third-order valence-electron chi connectivity index (χ3n) is 2.86. The van der Waals surface area contributed by atoms with Crippen LogP contribution in [-0.4, -0.2) is 42.4 Å². The van der Waals surface area contributed by atoms with Gasteiger partial charge in [0.05, 0.1) is 18.1 Å². The largest absolute Gasteiger partial charge is 0.280 e. The quantitative estimate of drug-likeness (QED) is 0.627. The maximum Gasteiger partial charge on any atom is 0.153 e. The fourth-order valence-electron chi connectivity index (χ4n) is 2.62. The van der Waals surface area contributed by atoms with Crippen LogP contribution in [0.1, 0.15) is 27.7 Å². The molecule has 0 atom stereocenters. The molecule has 4 heteroatoms. The highest BCUT2D eigenvalue weighted by molar-refractivity contribution is 7.91. The highest BCUT2D eigenvalue weighted by Gasteiger charge is 2.47. The molecule has 0 unspecified atom stereocenters. The van der Waals surface area contributed by atoms with Crippen LogP contribution in [0.15, 0.2) is 0 Å². The van der Waals surface area contributed by atoms with Crippen molar-refractivity contribution in [3.63, 3.8) is 0 Å². The van der Waals surface area contributed by atoms with Gasteiger partial charge < -0.3 is 0 Å². The van der Waals surface area contributed by atoms with Gasteiger partial charge in [0.25, 0.3) is 0 Å². The lowest BCUT2D eigenvalue weighted by atomic mass is 9.95. The second-order valence-electron chi connectivity index (χ2n) is 5.45. The lowest BCUT2D eigenvalue weighted by Crippen LogP contribution is -2.65. The van der Waals surface area contributed by atoms with Crippen LogP contribution in [0, 0.1) is 12.3 Å². The predicted molar refractivity (Wildman–Crippen MR) is 62.4 cm³/mol. The van der Waals surface area contributed by atoms with Gasteiger partial charge in [-0.15, -0.1) is 6.42 Å². The minimum Gasteiger partial charge on any atom is -0.280 e. The Morgan fingerprint density at radius 1 is 1.20 bits per heavy atom. The molecule has 0 radical (unpaired) electrons. The van der Waals surface area contributed by atoms with Crippen LogP contribution >= 0.6 is 0 Å². The van der Waals surface area contributed by atoms with E-state index in [4.69, 9.17) is 6.42 Å². The Hall–Kier alpha value is -0.530. The van der Waals surface area contributed by atoms with Gasteiger partial charge in [0.1, 0.15) is 0 Å². The Balaban J connectivity index is 3.13. The number of hydrogen-bond donors (Lipinski definition) is 0. The summed E-state index contributed by atoms with van der Waals surface area (Å²) in [4.78, 5) is 2.10. The molecule has 15 heavy (non-hydrogen) atoms. The maximum atomic E-state index is 11.8. The number of nitrogens with zero attached hydrogens (tertiary/aromatic N) is 1. The van der Waals surface area contributed by atoms with E-state index < -0.39 is 9.84 Å². The summed E-state index contributed by atoms with van der Waals surface area (Å²) in [6.45, 7) is 8.23. The van der Waals surface area contributed by atoms with Gasteiger partial charge in [-0.3, -0.25) is 4.90 Å². The second-order valence-corrected chi connectivity index (χ2v) is 7.51. The second kappa shape index (κ2) is 3.50. The third-order valence-corrected chi connectivity index (χ3v) is 5.15. The Morgan fingerprint density at radius 2 is 1.60 bits per heavy atom. The van der Waals surface area contributed by atoms with E-state index in [2.05, 4.69) is 10.8 Å². The van der Waals surface area contributed by atoms with Crippen LogP contribution < -0.4 is 0 Å². The third kappa shape index (κ3) is 2.53. The van der Waals surface area contributed by atoms with Crippen molar-refractivity contribution in [1.82, 2.24) is 4.90 Å². The fraction of sp³-hybridized carbons (Fsp3) is 0.818. The summed E-state index contributed by atoms with van der Waals surface area (Å²) in [5.41, 5.74) is -0.764. The molecule has 1 aliphatic heterocycles. The minimum absolute atomic E-state index is 0.186. The van der Waals surface area contributed by atoms with Gasteiger partial charge in [0.2, 0.25) is 0 Å². The van der Waals surface area contributed by atoms with Crippen LogP contribution in [0.5, 0.6) is 0 Å². The van der Waals surface area contributed by atoms with Crippen molar-refractivity contribution in [2.45, 2.75) is 38.8 Å². The first kappa shape index (κ1) is 12.5. The number of rotatable bonds is 1. The van der Waals surface area contributed by atoms with Crippen molar-refractivity contribution < 1.29 is 8.42 Å². The van der Waals surface area contributed by atoms with E-state index in [0.717, 1.165) is 0 Å². The zero-order valence-electron chi connectivity index (χ0n) is 9.87. The molecular formula is C11H19NO2S. The van der Waals surface area contributed by atoms with Crippen LogP contribution in [0.3, 0.4) is 0 Å². The zero-order valence-corrected chi connectivity index (χ0v) is 10.7. The lowest BCUT2D eigenvalue weighted by molar-refractivity contribution is 0.0490. The molecule has 1 fully saturated rings. The molecule has 0 aromatic carbocycles. The van der Waals surface area contributed by atoms with Gasteiger partial charge in [0, 0.05) is 11.1 Å². The van der Waals surface area contributed by atoms with E-state index in [-0.39, 0.29) is 22.6 Å². The zero-order chi connectivity index (χ0) is 11.9. The SMILES string of the molecule is C#CCN1C(C)(C)CS(=O)(=O)CC1(C)C. The average molecular weight is 229 g/mol. The molecule has 0 aromatic rings. The first-order chi connectivity index (χ1) is 6.61. The van der Waals surface area contributed by atoms with E-state index in [0.29, 0.717) is 6.54 Å². The molecular weight excluding hydrogens is 210 g/mol. The Labute approximate surface area is 92.8 Å². The van der Waals surface area contributed by atoms with Crippen LogP contribution in [0.25, 0.3) is 0 Å². The van der Waals surface area contributed by atoms with Crippen LogP contribution in [0.4, 0.5) is 0 Å². The van der Waals surface area contributed by atoms with Crippen molar-refractivity contribution >= 4 is 9.84 Å². The lowest BCUT2D eigenvalue weighted by Gasteiger charge is -2.51. The van der Waals surface area contributed by atoms with Gasteiger partial charge in [-0.05, 0) is 27.7 Å². The Kier molecular flexibility index (Phi) is 2.92. The molecule has 0 aliphatic carbocycles. The van der Waals surface area contributed by atoms with Crippen LogP contribution in [-0.2, 0) is 9.84 Å². The summed E-state index contributed by atoms with van der Waals surface area (Å²) in [6.07, 6.45) is 5.33. The summed E-state index contributed by atoms with van der Waals surface area (Å²) in [5.74, 6) is 2.98. The Bertz CT molecular complexity index is 363. The molecule has 0 N–H and O–H groups in total. The van der Waals surface area contributed by atoms with Crippen molar-refractivity contribution in [2.75, 3.05) is 18.1 Å². The smallest absolute Gasteiger partial charge is 0.153 e. The summed E-state index contributed by atoms with van der Waals surface area (Å²) < 4.78 is 23.5. The van der Waals surface area contributed by atoms with E-state index in [1.165, 1.54) is 0 Å². The van der Waals surface area contributed by atoms with Gasteiger partial charge in [-0.25, -0.2) is 8.42 Å². The topological polar surface area (TPSA) is 37.4 Å². The van der Waals surface area contributed by atoms with E-state index in [1.807, 2.05) is 27.7 Å². The molecule has 1 heterocycles.